The minimum atomic E-state index is -0.965. The summed E-state index contributed by atoms with van der Waals surface area (Å²) in [4.78, 5) is 29.8. The quantitative estimate of drug-likeness (QED) is 0.860. The van der Waals surface area contributed by atoms with E-state index < -0.39 is 17.8 Å². The number of fused-ring (bicyclic) bond motifs is 2. The van der Waals surface area contributed by atoms with E-state index in [1.54, 1.807) is 0 Å². The van der Waals surface area contributed by atoms with E-state index in [-0.39, 0.29) is 18.1 Å². The number of carbonyl (C=O) groups excluding carboxylic acids is 1. The van der Waals surface area contributed by atoms with Crippen LogP contribution in [0.4, 0.5) is 5.13 Å². The minimum Gasteiger partial charge on any atom is -0.481 e. The first kappa shape index (κ1) is 17.2. The van der Waals surface area contributed by atoms with Crippen molar-refractivity contribution in [3.8, 4) is 11.3 Å². The molecule has 136 valence electrons. The smallest absolute Gasteiger partial charge is 0.310 e. The molecule has 4 rings (SSSR count). The second-order valence-electron chi connectivity index (χ2n) is 6.96. The summed E-state index contributed by atoms with van der Waals surface area (Å²) in [5, 5.41) is 12.8. The molecule has 26 heavy (non-hydrogen) atoms. The van der Waals surface area contributed by atoms with E-state index in [1.807, 2.05) is 38.1 Å². The molecule has 2 N–H and O–H groups in total. The van der Waals surface area contributed by atoms with E-state index in [0.717, 1.165) is 22.6 Å². The zero-order chi connectivity index (χ0) is 18.4. The molecular formula is C19H20N2O4S. The lowest BCUT2D eigenvalue weighted by Crippen LogP contribution is -2.40. The number of nitrogens with zero attached hydrogens (tertiary/aromatic N) is 1. The highest BCUT2D eigenvalue weighted by molar-refractivity contribution is 7.16. The van der Waals surface area contributed by atoms with E-state index in [2.05, 4.69) is 10.3 Å². The fraction of sp³-hybridized carbons (Fsp3) is 0.421. The van der Waals surface area contributed by atoms with Crippen molar-refractivity contribution in [3.63, 3.8) is 0 Å². The van der Waals surface area contributed by atoms with Gasteiger partial charge in [0.25, 0.3) is 0 Å². The summed E-state index contributed by atoms with van der Waals surface area (Å²) in [5.41, 5.74) is 3.01. The summed E-state index contributed by atoms with van der Waals surface area (Å²) in [5.74, 6) is -2.70. The van der Waals surface area contributed by atoms with Crippen LogP contribution in [0.1, 0.15) is 23.3 Å². The van der Waals surface area contributed by atoms with Crippen molar-refractivity contribution in [2.45, 2.75) is 38.9 Å². The Labute approximate surface area is 155 Å². The number of carboxylic acids is 1. The molecule has 2 saturated heterocycles. The summed E-state index contributed by atoms with van der Waals surface area (Å²) in [6.45, 7) is 3.99. The normalized spacial score (nSPS) is 26.8. The molecule has 0 radical (unpaired) electrons. The van der Waals surface area contributed by atoms with E-state index in [1.165, 1.54) is 16.9 Å². The number of aromatic nitrogens is 1. The standard InChI is InChI=1S/C19H20N2O4S/c1-9-3-5-11(6-4-9)16-10(2)26-19(20-16)21-17(22)14-12-7-8-13(25-12)15(14)18(23)24/h3-6,12-15H,7-8H2,1-2H3,(H,23,24)(H,20,21,22). The molecule has 2 aliphatic heterocycles. The van der Waals surface area contributed by atoms with Crippen LogP contribution in [0.5, 0.6) is 0 Å². The number of ether oxygens (including phenoxy) is 1. The Morgan fingerprint density at radius 2 is 1.81 bits per heavy atom. The average molecular weight is 372 g/mol. The van der Waals surface area contributed by atoms with Crippen molar-refractivity contribution < 1.29 is 19.4 Å². The molecule has 0 saturated carbocycles. The number of rotatable bonds is 4. The molecule has 4 atom stereocenters. The van der Waals surface area contributed by atoms with Crippen LogP contribution in [-0.4, -0.2) is 34.2 Å². The van der Waals surface area contributed by atoms with Gasteiger partial charge in [0, 0.05) is 10.4 Å². The van der Waals surface area contributed by atoms with Crippen molar-refractivity contribution in [2.24, 2.45) is 11.8 Å². The molecule has 6 nitrogen and oxygen atoms in total. The minimum absolute atomic E-state index is 0.307. The number of hydrogen-bond acceptors (Lipinski definition) is 5. The molecule has 1 amide bonds. The summed E-state index contributed by atoms with van der Waals surface area (Å²) < 4.78 is 5.67. The summed E-state index contributed by atoms with van der Waals surface area (Å²) in [7, 11) is 0. The van der Waals surface area contributed by atoms with Gasteiger partial charge in [0.2, 0.25) is 5.91 Å². The number of carboxylic acid groups (broad SMARTS) is 1. The van der Waals surface area contributed by atoms with Gasteiger partial charge in [-0.2, -0.15) is 0 Å². The lowest BCUT2D eigenvalue weighted by atomic mass is 9.79. The van der Waals surface area contributed by atoms with Crippen molar-refractivity contribution >= 4 is 28.3 Å². The van der Waals surface area contributed by atoms with Crippen LogP contribution in [0.15, 0.2) is 24.3 Å². The number of aryl methyl sites for hydroxylation is 2. The molecule has 4 unspecified atom stereocenters. The van der Waals surface area contributed by atoms with Crippen LogP contribution in [0, 0.1) is 25.7 Å². The molecule has 3 heterocycles. The molecular weight excluding hydrogens is 352 g/mol. The van der Waals surface area contributed by atoms with E-state index >= 15 is 0 Å². The number of carbonyl (C=O) groups is 2. The second-order valence-corrected chi connectivity index (χ2v) is 8.16. The third-order valence-electron chi connectivity index (χ3n) is 5.21. The predicted octanol–water partition coefficient (Wildman–Crippen LogP) is 3.24. The zero-order valence-electron chi connectivity index (χ0n) is 14.6. The molecule has 2 aliphatic rings. The Bertz CT molecular complexity index is 861. The van der Waals surface area contributed by atoms with Crippen LogP contribution < -0.4 is 5.32 Å². The number of nitrogens with one attached hydrogen (secondary N) is 1. The highest BCUT2D eigenvalue weighted by Gasteiger charge is 2.55. The van der Waals surface area contributed by atoms with Crippen LogP contribution in [0.3, 0.4) is 0 Å². The molecule has 1 aromatic carbocycles. The van der Waals surface area contributed by atoms with Gasteiger partial charge in [-0.15, -0.1) is 11.3 Å². The number of hydrogen-bond donors (Lipinski definition) is 2. The van der Waals surface area contributed by atoms with Gasteiger partial charge in [-0.1, -0.05) is 29.8 Å². The van der Waals surface area contributed by atoms with Gasteiger partial charge >= 0.3 is 5.97 Å². The first-order chi connectivity index (χ1) is 12.4. The van der Waals surface area contributed by atoms with Gasteiger partial charge in [-0.25, -0.2) is 4.98 Å². The van der Waals surface area contributed by atoms with E-state index in [4.69, 9.17) is 4.74 Å². The fourth-order valence-corrected chi connectivity index (χ4v) is 4.78. The Balaban J connectivity index is 1.54. The fourth-order valence-electron chi connectivity index (χ4n) is 3.94. The van der Waals surface area contributed by atoms with Gasteiger partial charge in [0.1, 0.15) is 0 Å². The van der Waals surface area contributed by atoms with Crippen LogP contribution in [-0.2, 0) is 14.3 Å². The first-order valence-corrected chi connectivity index (χ1v) is 9.49. The molecule has 0 aliphatic carbocycles. The highest BCUT2D eigenvalue weighted by Crippen LogP contribution is 2.44. The van der Waals surface area contributed by atoms with Crippen molar-refractivity contribution in [3.05, 3.63) is 34.7 Å². The van der Waals surface area contributed by atoms with Gasteiger partial charge in [-0.05, 0) is 26.7 Å². The molecule has 0 spiro atoms. The number of anilines is 1. The first-order valence-electron chi connectivity index (χ1n) is 8.67. The third-order valence-corrected chi connectivity index (χ3v) is 6.10. The molecule has 2 fully saturated rings. The number of amides is 1. The van der Waals surface area contributed by atoms with Gasteiger partial charge in [0.05, 0.1) is 29.7 Å². The van der Waals surface area contributed by atoms with Crippen molar-refractivity contribution in [2.75, 3.05) is 5.32 Å². The average Bonchev–Trinajstić information content (AvgIpc) is 3.29. The van der Waals surface area contributed by atoms with E-state index in [9.17, 15) is 14.7 Å². The lowest BCUT2D eigenvalue weighted by molar-refractivity contribution is -0.147. The van der Waals surface area contributed by atoms with E-state index in [0.29, 0.717) is 11.6 Å². The van der Waals surface area contributed by atoms with Crippen molar-refractivity contribution in [1.82, 2.24) is 4.98 Å². The maximum atomic E-state index is 12.7. The van der Waals surface area contributed by atoms with Crippen LogP contribution >= 0.6 is 11.3 Å². The molecule has 7 heteroatoms. The summed E-state index contributed by atoms with van der Waals surface area (Å²) >= 11 is 1.40. The molecule has 2 bridgehead atoms. The van der Waals surface area contributed by atoms with Gasteiger partial charge in [0.15, 0.2) is 5.13 Å². The largest absolute Gasteiger partial charge is 0.481 e. The Morgan fingerprint density at radius 3 is 2.46 bits per heavy atom. The monoisotopic (exact) mass is 372 g/mol. The highest BCUT2D eigenvalue weighted by atomic mass is 32.1. The van der Waals surface area contributed by atoms with Gasteiger partial charge < -0.3 is 15.2 Å². The number of benzene rings is 1. The summed E-state index contributed by atoms with van der Waals surface area (Å²) in [6, 6.07) is 8.06. The van der Waals surface area contributed by atoms with Gasteiger partial charge in [-0.3, -0.25) is 9.59 Å². The lowest BCUT2D eigenvalue weighted by Gasteiger charge is -2.23. The van der Waals surface area contributed by atoms with Crippen molar-refractivity contribution in [1.29, 1.82) is 0 Å². The van der Waals surface area contributed by atoms with Crippen LogP contribution in [0.25, 0.3) is 11.3 Å². The maximum Gasteiger partial charge on any atom is 0.310 e. The predicted molar refractivity (Wildman–Crippen MR) is 98.2 cm³/mol. The number of aliphatic carboxylic acids is 1. The van der Waals surface area contributed by atoms with Crippen LogP contribution in [0.2, 0.25) is 0 Å². The topological polar surface area (TPSA) is 88.5 Å². The SMILES string of the molecule is Cc1ccc(-c2nc(NC(=O)C3C4CCC(O4)C3C(=O)O)sc2C)cc1. The maximum absolute atomic E-state index is 12.7. The molecule has 2 aromatic rings. The Kier molecular flexibility index (Phi) is 4.28. The third kappa shape index (κ3) is 2.91. The Hall–Kier alpha value is -2.25. The summed E-state index contributed by atoms with van der Waals surface area (Å²) in [6.07, 6.45) is 0.783. The zero-order valence-corrected chi connectivity index (χ0v) is 15.4. The second kappa shape index (κ2) is 6.48. The molecule has 1 aromatic heterocycles. The Morgan fingerprint density at radius 1 is 1.15 bits per heavy atom. The number of thiazole rings is 1.